The van der Waals surface area contributed by atoms with Gasteiger partial charge in [0.15, 0.2) is 0 Å². The average Bonchev–Trinajstić information content (AvgIpc) is 2.18. The lowest BCUT2D eigenvalue weighted by Gasteiger charge is -2.32. The van der Waals surface area contributed by atoms with Crippen LogP contribution in [0.4, 0.5) is 0 Å². The van der Waals surface area contributed by atoms with Gasteiger partial charge in [0.25, 0.3) is 0 Å². The number of hydrogen-bond donors (Lipinski definition) is 0. The predicted molar refractivity (Wildman–Crippen MR) is 62.7 cm³/mol. The highest BCUT2D eigenvalue weighted by Gasteiger charge is 2.19. The Balaban J connectivity index is 2.34. The third kappa shape index (κ3) is 4.04. The molecule has 0 saturated carbocycles. The van der Waals surface area contributed by atoms with Gasteiger partial charge in [-0.2, -0.15) is 0 Å². The Hall–Kier alpha value is -0.830. The molecule has 0 aliphatic carbocycles. The normalized spacial score (nSPS) is 20.9. The highest BCUT2D eigenvalue weighted by Crippen LogP contribution is 2.09. The van der Waals surface area contributed by atoms with Crippen LogP contribution < -0.4 is 0 Å². The number of piperazine rings is 1. The van der Waals surface area contributed by atoms with Crippen molar-refractivity contribution in [3.8, 4) is 0 Å². The fourth-order valence-electron chi connectivity index (χ4n) is 1.86. The monoisotopic (exact) mass is 210 g/mol. The summed E-state index contributed by atoms with van der Waals surface area (Å²) in [5.41, 5.74) is 0. The summed E-state index contributed by atoms with van der Waals surface area (Å²) in [6.45, 7) is 7.87. The molecule has 1 fully saturated rings. The van der Waals surface area contributed by atoms with Gasteiger partial charge >= 0.3 is 0 Å². The second-order valence-corrected chi connectivity index (χ2v) is 4.39. The first-order chi connectivity index (χ1) is 7.13. The van der Waals surface area contributed by atoms with E-state index in [9.17, 15) is 4.79 Å². The van der Waals surface area contributed by atoms with E-state index in [1.165, 1.54) is 0 Å². The maximum Gasteiger partial charge on any atom is 0.223 e. The number of allylic oxidation sites excluding steroid dienone is 2. The largest absolute Gasteiger partial charge is 0.340 e. The molecule has 3 nitrogen and oxygen atoms in total. The molecule has 1 atom stereocenters. The average molecular weight is 210 g/mol. The zero-order valence-electron chi connectivity index (χ0n) is 10.1. The summed E-state index contributed by atoms with van der Waals surface area (Å²) in [4.78, 5) is 16.1. The summed E-state index contributed by atoms with van der Waals surface area (Å²) in [7, 11) is 2.10. The van der Waals surface area contributed by atoms with Gasteiger partial charge in [-0.05, 0) is 19.9 Å². The Labute approximate surface area is 92.7 Å². The van der Waals surface area contributed by atoms with Crippen LogP contribution >= 0.6 is 0 Å². The lowest BCUT2D eigenvalue weighted by Crippen LogP contribution is -2.47. The van der Waals surface area contributed by atoms with Crippen molar-refractivity contribution >= 4 is 5.91 Å². The molecule has 0 bridgehead atoms. The number of carbonyl (C=O) groups excluding carboxylic acids is 1. The first kappa shape index (κ1) is 12.2. The highest BCUT2D eigenvalue weighted by molar-refractivity contribution is 5.76. The second-order valence-electron chi connectivity index (χ2n) is 4.39. The zero-order chi connectivity index (χ0) is 11.3. The van der Waals surface area contributed by atoms with Gasteiger partial charge in [0.1, 0.15) is 0 Å². The number of amides is 1. The summed E-state index contributed by atoms with van der Waals surface area (Å²) in [6, 6.07) is 0. The molecule has 86 valence electrons. The van der Waals surface area contributed by atoms with Crippen molar-refractivity contribution in [2.45, 2.75) is 20.3 Å². The molecule has 1 aliphatic heterocycles. The van der Waals surface area contributed by atoms with Gasteiger partial charge in [-0.3, -0.25) is 4.79 Å². The number of nitrogens with zero attached hydrogens (tertiary/aromatic N) is 2. The molecular weight excluding hydrogens is 188 g/mol. The van der Waals surface area contributed by atoms with Gasteiger partial charge in [-0.25, -0.2) is 0 Å². The van der Waals surface area contributed by atoms with Crippen molar-refractivity contribution in [1.29, 1.82) is 0 Å². The third-order valence-corrected chi connectivity index (χ3v) is 2.87. The number of rotatable bonds is 3. The van der Waals surface area contributed by atoms with Crippen LogP contribution in [0.2, 0.25) is 0 Å². The quantitative estimate of drug-likeness (QED) is 0.657. The predicted octanol–water partition coefficient (Wildman–Crippen LogP) is 1.36. The fraction of sp³-hybridized carbons (Fsp3) is 0.750. The van der Waals surface area contributed by atoms with Gasteiger partial charge in [0.2, 0.25) is 5.91 Å². The van der Waals surface area contributed by atoms with Crippen molar-refractivity contribution in [3.05, 3.63) is 12.2 Å². The zero-order valence-corrected chi connectivity index (χ0v) is 10.1. The van der Waals surface area contributed by atoms with E-state index >= 15 is 0 Å². The van der Waals surface area contributed by atoms with Crippen LogP contribution in [-0.4, -0.2) is 48.9 Å². The molecule has 0 aromatic carbocycles. The van der Waals surface area contributed by atoms with E-state index in [0.29, 0.717) is 18.2 Å². The molecule has 0 N–H and O–H groups in total. The van der Waals surface area contributed by atoms with Gasteiger partial charge in [0.05, 0.1) is 0 Å². The van der Waals surface area contributed by atoms with Crippen LogP contribution in [0.25, 0.3) is 0 Å². The molecule has 1 heterocycles. The minimum atomic E-state index is 0.300. The maximum absolute atomic E-state index is 11.9. The molecule has 1 unspecified atom stereocenters. The van der Waals surface area contributed by atoms with Crippen LogP contribution in [0.15, 0.2) is 12.2 Å². The standard InChI is InChI=1S/C12H22N2O/c1-4-5-11(2)10-12(15)14-8-6-13(3)7-9-14/h4-5,11H,6-10H2,1-3H3. The molecule has 3 heteroatoms. The molecular formula is C12H22N2O. The Morgan fingerprint density at radius 3 is 2.47 bits per heavy atom. The first-order valence-electron chi connectivity index (χ1n) is 5.72. The van der Waals surface area contributed by atoms with E-state index in [1.54, 1.807) is 0 Å². The molecule has 1 amide bonds. The SMILES string of the molecule is CC=CC(C)CC(=O)N1CCN(C)CC1. The lowest BCUT2D eigenvalue weighted by molar-refractivity contribution is -0.133. The van der Waals surface area contributed by atoms with Crippen molar-refractivity contribution in [2.24, 2.45) is 5.92 Å². The molecule has 1 rings (SSSR count). The Bertz CT molecular complexity index is 230. The van der Waals surface area contributed by atoms with Crippen LogP contribution in [0.5, 0.6) is 0 Å². The van der Waals surface area contributed by atoms with Crippen molar-refractivity contribution < 1.29 is 4.79 Å². The molecule has 0 aromatic heterocycles. The van der Waals surface area contributed by atoms with E-state index in [2.05, 4.69) is 24.9 Å². The van der Waals surface area contributed by atoms with E-state index in [1.807, 2.05) is 17.9 Å². The minimum absolute atomic E-state index is 0.300. The number of carbonyl (C=O) groups is 1. The van der Waals surface area contributed by atoms with Crippen molar-refractivity contribution in [1.82, 2.24) is 9.80 Å². The summed E-state index contributed by atoms with van der Waals surface area (Å²) < 4.78 is 0. The van der Waals surface area contributed by atoms with E-state index in [-0.39, 0.29) is 0 Å². The summed E-state index contributed by atoms with van der Waals surface area (Å²) >= 11 is 0. The van der Waals surface area contributed by atoms with Crippen molar-refractivity contribution in [2.75, 3.05) is 33.2 Å². The van der Waals surface area contributed by atoms with Crippen LogP contribution in [-0.2, 0) is 4.79 Å². The smallest absolute Gasteiger partial charge is 0.223 e. The Morgan fingerprint density at radius 1 is 1.33 bits per heavy atom. The van der Waals surface area contributed by atoms with Gasteiger partial charge in [-0.1, -0.05) is 19.1 Å². The molecule has 0 radical (unpaired) electrons. The molecule has 0 aromatic rings. The molecule has 0 spiro atoms. The highest BCUT2D eigenvalue weighted by atomic mass is 16.2. The van der Waals surface area contributed by atoms with Crippen LogP contribution in [0.3, 0.4) is 0 Å². The molecule has 1 saturated heterocycles. The third-order valence-electron chi connectivity index (χ3n) is 2.87. The Kier molecular flexibility index (Phi) is 4.82. The first-order valence-corrected chi connectivity index (χ1v) is 5.72. The van der Waals surface area contributed by atoms with E-state index in [4.69, 9.17) is 0 Å². The fourth-order valence-corrected chi connectivity index (χ4v) is 1.86. The molecule has 1 aliphatic rings. The van der Waals surface area contributed by atoms with E-state index in [0.717, 1.165) is 26.2 Å². The second kappa shape index (κ2) is 5.91. The molecule has 15 heavy (non-hydrogen) atoms. The minimum Gasteiger partial charge on any atom is -0.340 e. The number of hydrogen-bond acceptors (Lipinski definition) is 2. The maximum atomic E-state index is 11.9. The lowest BCUT2D eigenvalue weighted by atomic mass is 10.1. The topological polar surface area (TPSA) is 23.6 Å². The van der Waals surface area contributed by atoms with Gasteiger partial charge in [0, 0.05) is 32.6 Å². The summed E-state index contributed by atoms with van der Waals surface area (Å²) in [6.07, 6.45) is 4.75. The number of likely N-dealkylation sites (N-methyl/N-ethyl adjacent to an activating group) is 1. The van der Waals surface area contributed by atoms with E-state index < -0.39 is 0 Å². The Morgan fingerprint density at radius 2 is 1.93 bits per heavy atom. The van der Waals surface area contributed by atoms with Crippen molar-refractivity contribution in [3.63, 3.8) is 0 Å². The van der Waals surface area contributed by atoms with Crippen LogP contribution in [0, 0.1) is 5.92 Å². The summed E-state index contributed by atoms with van der Waals surface area (Å²) in [5.74, 6) is 0.663. The van der Waals surface area contributed by atoms with Gasteiger partial charge < -0.3 is 9.80 Å². The van der Waals surface area contributed by atoms with Gasteiger partial charge in [-0.15, -0.1) is 0 Å². The van der Waals surface area contributed by atoms with Crippen LogP contribution in [0.1, 0.15) is 20.3 Å². The summed E-state index contributed by atoms with van der Waals surface area (Å²) in [5, 5.41) is 0.